The number of nitrogens with zero attached hydrogens (tertiary/aromatic N) is 6. The third-order valence-corrected chi connectivity index (χ3v) is 8.80. The molecule has 5 rings (SSSR count). The Morgan fingerprint density at radius 3 is 2.46 bits per heavy atom. The number of benzene rings is 1. The smallest absolute Gasteiger partial charge is 0.272 e. The lowest BCUT2D eigenvalue weighted by Gasteiger charge is -2.32. The van der Waals surface area contributed by atoms with Crippen molar-refractivity contribution in [3.63, 3.8) is 0 Å². The zero-order valence-corrected chi connectivity index (χ0v) is 28.3. The first-order chi connectivity index (χ1) is 22.7. The van der Waals surface area contributed by atoms with Gasteiger partial charge in [-0.05, 0) is 30.2 Å². The molecule has 0 bridgehead atoms. The summed E-state index contributed by atoms with van der Waals surface area (Å²) in [5, 5.41) is 23.2. The van der Waals surface area contributed by atoms with E-state index in [2.05, 4.69) is 41.6 Å². The van der Waals surface area contributed by atoms with Crippen LogP contribution in [0.2, 0.25) is 0 Å². The number of carbonyl (C=O) groups is 3. The van der Waals surface area contributed by atoms with Crippen LogP contribution in [-0.4, -0.2) is 131 Å². The van der Waals surface area contributed by atoms with Gasteiger partial charge < -0.3 is 30.5 Å². The number of nitrogens with one attached hydrogen (secondary N) is 4. The molecular formula is C27H37B3N10O7S. The summed E-state index contributed by atoms with van der Waals surface area (Å²) in [5.41, 5.74) is 1.17. The number of anilines is 3. The van der Waals surface area contributed by atoms with Crippen LogP contribution in [-0.2, 0) is 26.2 Å². The summed E-state index contributed by atoms with van der Waals surface area (Å²) in [6, 6.07) is 6.71. The number of amides is 3. The van der Waals surface area contributed by atoms with Crippen molar-refractivity contribution in [2.45, 2.75) is 24.6 Å². The van der Waals surface area contributed by atoms with Crippen molar-refractivity contribution < 1.29 is 32.1 Å². The Kier molecular flexibility index (Phi) is 10.4. The molecule has 3 aromatic rings. The third-order valence-electron chi connectivity index (χ3n) is 7.50. The Morgan fingerprint density at radius 1 is 1.08 bits per heavy atom. The fraction of sp³-hybridized carbons (Fsp3) is 0.444. The SMILES string of the molecule is BC(B)(B)NC(=O)c1nnc(NC(=O)C2CC2)cc1Nc1cccc(-c2nc(CNC(=O)CN3CCN(S(C)(=O)=O)CC3)no2)c1OC. The maximum atomic E-state index is 13.2. The number of aromatic nitrogens is 4. The maximum Gasteiger partial charge on any atom is 0.272 e. The zero-order valence-electron chi connectivity index (χ0n) is 27.5. The van der Waals surface area contributed by atoms with Crippen LogP contribution in [0.25, 0.3) is 11.5 Å². The van der Waals surface area contributed by atoms with Crippen LogP contribution in [0.3, 0.4) is 0 Å². The van der Waals surface area contributed by atoms with Crippen molar-refractivity contribution in [3.05, 3.63) is 35.8 Å². The van der Waals surface area contributed by atoms with Crippen LogP contribution in [0.4, 0.5) is 17.2 Å². The van der Waals surface area contributed by atoms with Gasteiger partial charge in [0, 0.05) is 38.2 Å². The molecule has 0 unspecified atom stereocenters. The molecular weight excluding hydrogens is 641 g/mol. The first-order valence-electron chi connectivity index (χ1n) is 15.4. The molecule has 1 aromatic carbocycles. The minimum absolute atomic E-state index is 0.00916. The maximum absolute atomic E-state index is 13.2. The van der Waals surface area contributed by atoms with E-state index in [-0.39, 0.29) is 59.7 Å². The Labute approximate surface area is 280 Å². The number of sulfonamides is 1. The molecule has 1 saturated carbocycles. The Morgan fingerprint density at radius 2 is 1.81 bits per heavy atom. The Balaban J connectivity index is 1.29. The van der Waals surface area contributed by atoms with Crippen molar-refractivity contribution in [1.82, 2.24) is 40.2 Å². The number of methoxy groups -OCH3 is 1. The second-order valence-corrected chi connectivity index (χ2v) is 14.7. The van der Waals surface area contributed by atoms with Crippen molar-refractivity contribution in [1.29, 1.82) is 0 Å². The van der Waals surface area contributed by atoms with Crippen molar-refractivity contribution in [2.24, 2.45) is 5.92 Å². The monoisotopic (exact) mass is 678 g/mol. The molecule has 21 heteroatoms. The van der Waals surface area contributed by atoms with Gasteiger partial charge in [0.15, 0.2) is 23.1 Å². The molecule has 252 valence electrons. The van der Waals surface area contributed by atoms with Gasteiger partial charge in [-0.1, -0.05) is 11.2 Å². The number of carbonyl (C=O) groups excluding carboxylic acids is 3. The third kappa shape index (κ3) is 9.10. The minimum atomic E-state index is -3.26. The Bertz CT molecular complexity index is 1790. The number of rotatable bonds is 13. The molecule has 3 amide bonds. The van der Waals surface area contributed by atoms with Gasteiger partial charge in [0.1, 0.15) is 23.5 Å². The normalized spacial score (nSPS) is 15.8. The highest BCUT2D eigenvalue weighted by Crippen LogP contribution is 2.38. The Hall–Kier alpha value is -4.49. The summed E-state index contributed by atoms with van der Waals surface area (Å²) in [6.07, 6.45) is 2.81. The van der Waals surface area contributed by atoms with E-state index in [4.69, 9.17) is 9.26 Å². The van der Waals surface area contributed by atoms with E-state index in [1.165, 1.54) is 23.7 Å². The lowest BCUT2D eigenvalue weighted by atomic mass is 9.49. The molecule has 2 fully saturated rings. The largest absolute Gasteiger partial charge is 0.494 e. The molecule has 0 atom stereocenters. The van der Waals surface area contributed by atoms with Crippen LogP contribution >= 0.6 is 0 Å². The van der Waals surface area contributed by atoms with Gasteiger partial charge >= 0.3 is 0 Å². The van der Waals surface area contributed by atoms with Gasteiger partial charge in [-0.3, -0.25) is 19.3 Å². The molecule has 1 aliphatic carbocycles. The average molecular weight is 678 g/mol. The first kappa shape index (κ1) is 34.8. The number of piperazine rings is 1. The highest BCUT2D eigenvalue weighted by Gasteiger charge is 2.31. The van der Waals surface area contributed by atoms with Crippen LogP contribution in [0, 0.1) is 5.92 Å². The van der Waals surface area contributed by atoms with Gasteiger partial charge in [0.2, 0.25) is 21.8 Å². The number of ether oxygens (including phenoxy) is 1. The fourth-order valence-corrected chi connectivity index (χ4v) is 5.78. The van der Waals surface area contributed by atoms with Gasteiger partial charge in [0.05, 0.1) is 43.4 Å². The molecule has 4 N–H and O–H groups in total. The second kappa shape index (κ2) is 14.3. The molecule has 17 nitrogen and oxygen atoms in total. The first-order valence-corrected chi connectivity index (χ1v) is 17.3. The summed E-state index contributed by atoms with van der Waals surface area (Å²) in [7, 11) is 3.75. The summed E-state index contributed by atoms with van der Waals surface area (Å²) >= 11 is 0. The summed E-state index contributed by atoms with van der Waals surface area (Å²) < 4.78 is 36.1. The van der Waals surface area contributed by atoms with Crippen LogP contribution < -0.4 is 26.0 Å². The lowest BCUT2D eigenvalue weighted by molar-refractivity contribution is -0.122. The van der Waals surface area contributed by atoms with Gasteiger partial charge in [0.25, 0.3) is 11.8 Å². The second-order valence-electron chi connectivity index (χ2n) is 12.7. The van der Waals surface area contributed by atoms with E-state index in [1.54, 1.807) is 18.2 Å². The van der Waals surface area contributed by atoms with Crippen molar-refractivity contribution >= 4 is 68.5 Å². The molecule has 1 saturated heterocycles. The van der Waals surface area contributed by atoms with Gasteiger partial charge in [-0.2, -0.15) is 9.29 Å². The molecule has 3 heterocycles. The van der Waals surface area contributed by atoms with Crippen LogP contribution in [0.15, 0.2) is 28.8 Å². The summed E-state index contributed by atoms with van der Waals surface area (Å²) in [6.45, 7) is 1.68. The molecule has 1 aliphatic heterocycles. The van der Waals surface area contributed by atoms with Gasteiger partial charge in [-0.15, -0.1) is 10.2 Å². The van der Waals surface area contributed by atoms with E-state index < -0.39 is 21.2 Å². The van der Waals surface area contributed by atoms with Gasteiger partial charge in [-0.25, -0.2) is 8.42 Å². The molecule has 2 aromatic heterocycles. The highest BCUT2D eigenvalue weighted by molar-refractivity contribution is 7.88. The topological polar surface area (TPSA) is 214 Å². The summed E-state index contributed by atoms with van der Waals surface area (Å²) in [5.74, 6) is -0.0536. The predicted molar refractivity (Wildman–Crippen MR) is 183 cm³/mol. The molecule has 0 radical (unpaired) electrons. The standard InChI is InChI=1S/C27H37B3N10O7S/c1-46-23-16(26-34-20(38-47-26)13-31-21(41)14-39-8-10-40(11-9-39)48(2,44)45)4-3-5-17(23)32-18-12-19(33-24(42)15-6-7-15)36-37-22(18)25(43)35-27(28,29)30/h3-5,12,15H,6-11,13-14,28-30H2,1-2H3,(H,31,41)(H,35,43)(H2,32,33,36,42). The quantitative estimate of drug-likeness (QED) is 0.134. The fourth-order valence-electron chi connectivity index (χ4n) is 4.95. The van der Waals surface area contributed by atoms with Crippen LogP contribution in [0.1, 0.15) is 29.2 Å². The predicted octanol–water partition coefficient (Wildman–Crippen LogP) is -2.94. The van der Waals surface area contributed by atoms with E-state index in [0.29, 0.717) is 43.2 Å². The van der Waals surface area contributed by atoms with Crippen molar-refractivity contribution in [3.8, 4) is 17.2 Å². The average Bonchev–Trinajstić information content (AvgIpc) is 3.77. The van der Waals surface area contributed by atoms with E-state index >= 15 is 0 Å². The molecule has 48 heavy (non-hydrogen) atoms. The number of hydrogen-bond acceptors (Lipinski definition) is 13. The minimum Gasteiger partial charge on any atom is -0.494 e. The zero-order chi connectivity index (χ0) is 34.6. The highest BCUT2D eigenvalue weighted by atomic mass is 32.2. The summed E-state index contributed by atoms with van der Waals surface area (Å²) in [4.78, 5) is 44.5. The molecule has 2 aliphatic rings. The van der Waals surface area contributed by atoms with E-state index in [0.717, 1.165) is 12.8 Å². The van der Waals surface area contributed by atoms with Crippen molar-refractivity contribution in [2.75, 3.05) is 56.7 Å². The number of para-hydroxylation sites is 1. The lowest BCUT2D eigenvalue weighted by Crippen LogP contribution is -2.50. The number of hydrogen-bond donors (Lipinski definition) is 4. The molecule has 0 spiro atoms. The van der Waals surface area contributed by atoms with E-state index in [1.807, 2.05) is 28.4 Å². The van der Waals surface area contributed by atoms with E-state index in [9.17, 15) is 22.8 Å². The van der Waals surface area contributed by atoms with Crippen LogP contribution in [0.5, 0.6) is 5.75 Å².